The lowest BCUT2D eigenvalue weighted by atomic mass is 10.0. The number of aromatic hydroxyl groups is 2. The van der Waals surface area contributed by atoms with Crippen molar-refractivity contribution in [3.05, 3.63) is 69.8 Å². The van der Waals surface area contributed by atoms with Gasteiger partial charge in [-0.05, 0) is 82.2 Å². The number of ether oxygens (including phenoxy) is 1. The summed E-state index contributed by atoms with van der Waals surface area (Å²) in [5, 5.41) is 19.0. The topological polar surface area (TPSA) is 66.8 Å². The predicted molar refractivity (Wildman–Crippen MR) is 114 cm³/mol. The predicted octanol–water partition coefficient (Wildman–Crippen LogP) is 5.38. The first-order chi connectivity index (χ1) is 13.0. The van der Waals surface area contributed by atoms with E-state index < -0.39 is 0 Å². The van der Waals surface area contributed by atoms with Crippen molar-refractivity contribution in [2.24, 2.45) is 0 Å². The fourth-order valence-electron chi connectivity index (χ4n) is 2.93. The van der Waals surface area contributed by atoms with Crippen molar-refractivity contribution in [3.63, 3.8) is 0 Å². The maximum atomic E-state index is 11.2. The molecule has 28 heavy (non-hydrogen) atoms. The highest BCUT2D eigenvalue weighted by Crippen LogP contribution is 2.23. The van der Waals surface area contributed by atoms with Crippen LogP contribution in [0, 0.1) is 34.6 Å². The molecule has 0 heterocycles. The summed E-state index contributed by atoms with van der Waals surface area (Å²) >= 11 is 0. The van der Waals surface area contributed by atoms with Gasteiger partial charge in [0.2, 0.25) is 0 Å². The summed E-state index contributed by atoms with van der Waals surface area (Å²) in [4.78, 5) is 11.2. The number of benzene rings is 2. The summed E-state index contributed by atoms with van der Waals surface area (Å²) in [7, 11) is 0. The van der Waals surface area contributed by atoms with E-state index in [9.17, 15) is 15.0 Å². The van der Waals surface area contributed by atoms with E-state index in [-0.39, 0.29) is 5.97 Å². The molecule has 0 radical (unpaired) electrons. The van der Waals surface area contributed by atoms with Gasteiger partial charge in [0, 0.05) is 5.57 Å². The lowest BCUT2D eigenvalue weighted by Gasteiger charge is -2.08. The van der Waals surface area contributed by atoms with Crippen LogP contribution in [-0.2, 0) is 16.0 Å². The molecule has 4 heteroatoms. The molecule has 4 nitrogen and oxygen atoms in total. The van der Waals surface area contributed by atoms with E-state index in [1.54, 1.807) is 6.92 Å². The number of phenols is 2. The molecule has 0 spiro atoms. The number of phenolic OH excluding ortho intramolecular Hbond substituents is 2. The number of carbonyl (C=O) groups is 1. The molecular formula is C24H32O4. The van der Waals surface area contributed by atoms with Crippen molar-refractivity contribution < 1.29 is 19.7 Å². The third-order valence-corrected chi connectivity index (χ3v) is 4.38. The number of esters is 1. The molecule has 0 aliphatic rings. The van der Waals surface area contributed by atoms with Gasteiger partial charge in [-0.3, -0.25) is 0 Å². The van der Waals surface area contributed by atoms with Crippen molar-refractivity contribution in [3.8, 4) is 11.5 Å². The summed E-state index contributed by atoms with van der Waals surface area (Å²) in [6, 6.07) is 7.87. The molecule has 0 atom stereocenters. The minimum atomic E-state index is -0.340. The standard InChI is InChI=1S/C15H20O3.C9H12O/c1-10(2)15(17)18-7-5-6-13-8-11(3)14(16)12(4)9-13;1-6-4-7(2)9(10)8(3)5-6/h8-9,16H,1,5-7H2,2-4H3;4-5,10H,1-3H3. The average molecular weight is 385 g/mol. The quantitative estimate of drug-likeness (QED) is 0.413. The normalized spacial score (nSPS) is 10.1. The van der Waals surface area contributed by atoms with E-state index in [4.69, 9.17) is 4.74 Å². The average Bonchev–Trinajstić information content (AvgIpc) is 2.61. The van der Waals surface area contributed by atoms with Gasteiger partial charge in [-0.15, -0.1) is 0 Å². The van der Waals surface area contributed by atoms with Crippen molar-refractivity contribution in [1.82, 2.24) is 0 Å². The highest BCUT2D eigenvalue weighted by atomic mass is 16.5. The highest BCUT2D eigenvalue weighted by molar-refractivity contribution is 5.86. The van der Waals surface area contributed by atoms with E-state index in [1.165, 1.54) is 5.56 Å². The van der Waals surface area contributed by atoms with Gasteiger partial charge >= 0.3 is 5.97 Å². The van der Waals surface area contributed by atoms with Crippen LogP contribution in [0.2, 0.25) is 0 Å². The zero-order chi connectivity index (χ0) is 21.4. The van der Waals surface area contributed by atoms with Crippen LogP contribution >= 0.6 is 0 Å². The van der Waals surface area contributed by atoms with Crippen molar-refractivity contribution in [1.29, 1.82) is 0 Å². The van der Waals surface area contributed by atoms with E-state index in [0.29, 0.717) is 23.7 Å². The molecule has 0 fully saturated rings. The molecule has 2 aromatic carbocycles. The monoisotopic (exact) mass is 384 g/mol. The minimum absolute atomic E-state index is 0.340. The second-order valence-electron chi connectivity index (χ2n) is 7.35. The van der Waals surface area contributed by atoms with Gasteiger partial charge in [0.05, 0.1) is 6.61 Å². The zero-order valence-electron chi connectivity index (χ0n) is 17.8. The maximum absolute atomic E-state index is 11.2. The third kappa shape index (κ3) is 7.10. The Morgan fingerprint density at radius 1 is 0.893 bits per heavy atom. The Kier molecular flexibility index (Phi) is 8.77. The van der Waals surface area contributed by atoms with Crippen LogP contribution in [0.15, 0.2) is 36.4 Å². The molecule has 2 aromatic rings. The molecule has 0 saturated carbocycles. The number of carbonyl (C=O) groups excluding carboxylic acids is 1. The number of hydrogen-bond acceptors (Lipinski definition) is 4. The molecule has 0 aromatic heterocycles. The zero-order valence-corrected chi connectivity index (χ0v) is 17.8. The first-order valence-electron chi connectivity index (χ1n) is 9.41. The molecule has 0 amide bonds. The Morgan fingerprint density at radius 2 is 1.32 bits per heavy atom. The van der Waals surface area contributed by atoms with E-state index in [0.717, 1.165) is 40.7 Å². The van der Waals surface area contributed by atoms with Gasteiger partial charge in [0.15, 0.2) is 0 Å². The fourth-order valence-corrected chi connectivity index (χ4v) is 2.93. The molecule has 2 rings (SSSR count). The Hall–Kier alpha value is -2.75. The molecular weight excluding hydrogens is 352 g/mol. The Bertz CT molecular complexity index is 804. The molecule has 0 aliphatic carbocycles. The summed E-state index contributed by atoms with van der Waals surface area (Å²) in [5.74, 6) is 0.436. The first-order valence-corrected chi connectivity index (χ1v) is 9.41. The molecule has 0 bridgehead atoms. The Labute approximate surface area is 168 Å². The van der Waals surface area contributed by atoms with Gasteiger partial charge in [-0.1, -0.05) is 36.4 Å². The third-order valence-electron chi connectivity index (χ3n) is 4.38. The van der Waals surface area contributed by atoms with E-state index >= 15 is 0 Å². The smallest absolute Gasteiger partial charge is 0.333 e. The largest absolute Gasteiger partial charge is 0.507 e. The van der Waals surface area contributed by atoms with E-state index in [1.807, 2.05) is 58.9 Å². The van der Waals surface area contributed by atoms with Gasteiger partial charge in [0.25, 0.3) is 0 Å². The van der Waals surface area contributed by atoms with Crippen molar-refractivity contribution >= 4 is 5.97 Å². The summed E-state index contributed by atoms with van der Waals surface area (Å²) in [6.07, 6.45) is 1.59. The first kappa shape index (κ1) is 23.3. The van der Waals surface area contributed by atoms with Crippen molar-refractivity contribution in [2.75, 3.05) is 6.61 Å². The van der Waals surface area contributed by atoms with Crippen LogP contribution < -0.4 is 0 Å². The second kappa shape index (κ2) is 10.5. The van der Waals surface area contributed by atoms with Crippen LogP contribution in [0.1, 0.15) is 46.7 Å². The summed E-state index contributed by atoms with van der Waals surface area (Å²) < 4.78 is 5.02. The summed E-state index contributed by atoms with van der Waals surface area (Å²) in [5.41, 5.74) is 6.44. The highest BCUT2D eigenvalue weighted by Gasteiger charge is 2.05. The van der Waals surface area contributed by atoms with E-state index in [2.05, 4.69) is 6.58 Å². The fraction of sp³-hybridized carbons (Fsp3) is 0.375. The summed E-state index contributed by atoms with van der Waals surface area (Å²) in [6.45, 7) is 15.2. The molecule has 0 aliphatic heterocycles. The van der Waals surface area contributed by atoms with Gasteiger partial charge in [-0.2, -0.15) is 0 Å². The van der Waals surface area contributed by atoms with Crippen LogP contribution in [0.4, 0.5) is 0 Å². The van der Waals surface area contributed by atoms with Crippen LogP contribution in [0.5, 0.6) is 11.5 Å². The SMILES string of the molecule is C=C(C)C(=O)OCCCc1cc(C)c(O)c(C)c1.Cc1cc(C)c(O)c(C)c1. The number of aryl methyl sites for hydroxylation is 6. The van der Waals surface area contributed by atoms with Crippen molar-refractivity contribution in [2.45, 2.75) is 54.4 Å². The number of rotatable bonds is 5. The Morgan fingerprint density at radius 3 is 1.75 bits per heavy atom. The van der Waals surface area contributed by atoms with Gasteiger partial charge < -0.3 is 14.9 Å². The molecule has 152 valence electrons. The van der Waals surface area contributed by atoms with Crippen LogP contribution in [0.3, 0.4) is 0 Å². The van der Waals surface area contributed by atoms with Gasteiger partial charge in [0.1, 0.15) is 11.5 Å². The van der Waals surface area contributed by atoms with Gasteiger partial charge in [-0.25, -0.2) is 4.79 Å². The lowest BCUT2D eigenvalue weighted by molar-refractivity contribution is -0.139. The number of hydrogen-bond donors (Lipinski definition) is 2. The second-order valence-corrected chi connectivity index (χ2v) is 7.35. The minimum Gasteiger partial charge on any atom is -0.507 e. The van der Waals surface area contributed by atoms with Crippen LogP contribution in [0.25, 0.3) is 0 Å². The Balaban J connectivity index is 0.000000330. The molecule has 0 unspecified atom stereocenters. The maximum Gasteiger partial charge on any atom is 0.333 e. The van der Waals surface area contributed by atoms with Crippen LogP contribution in [-0.4, -0.2) is 22.8 Å². The molecule has 2 N–H and O–H groups in total. The molecule has 0 saturated heterocycles. The lowest BCUT2D eigenvalue weighted by Crippen LogP contribution is -2.06.